The van der Waals surface area contributed by atoms with Crippen molar-refractivity contribution >= 4 is 21.6 Å². The zero-order valence-corrected chi connectivity index (χ0v) is 14.2. The molecular weight excluding hydrogens is 310 g/mol. The number of rotatable bonds is 5. The Balaban J connectivity index is 2.35. The van der Waals surface area contributed by atoms with Crippen LogP contribution in [0, 0.1) is 0 Å². The van der Waals surface area contributed by atoms with Crippen LogP contribution in [0.5, 0.6) is 0 Å². The van der Waals surface area contributed by atoms with Gasteiger partial charge in [-0.3, -0.25) is 0 Å². The lowest BCUT2D eigenvalue weighted by molar-refractivity contribution is 0.102. The van der Waals surface area contributed by atoms with Gasteiger partial charge in [-0.2, -0.15) is 4.31 Å². The van der Waals surface area contributed by atoms with Crippen LogP contribution in [0.2, 0.25) is 0 Å². The van der Waals surface area contributed by atoms with Crippen molar-refractivity contribution < 1.29 is 13.2 Å². The molecular formula is C15H22ClNO3S. The van der Waals surface area contributed by atoms with Gasteiger partial charge < -0.3 is 4.74 Å². The molecule has 1 heterocycles. The number of sulfonamides is 1. The predicted molar refractivity (Wildman–Crippen MR) is 84.1 cm³/mol. The average molecular weight is 332 g/mol. The standard InChI is InChI=1S/C15H22ClNO3S/c1-4-12-5-6-14(9-13(12)10-16)21(18,19)17(3)15-7-8-20-11(15)2/h5-6,9,11,15H,4,7-8,10H2,1-3H3. The molecule has 1 saturated heterocycles. The minimum atomic E-state index is -3.52. The van der Waals surface area contributed by atoms with Gasteiger partial charge in [0, 0.05) is 19.5 Å². The van der Waals surface area contributed by atoms with Crippen LogP contribution in [0.4, 0.5) is 0 Å². The summed E-state index contributed by atoms with van der Waals surface area (Å²) in [5, 5.41) is 0. The van der Waals surface area contributed by atoms with E-state index in [0.29, 0.717) is 17.4 Å². The van der Waals surface area contributed by atoms with Gasteiger partial charge >= 0.3 is 0 Å². The lowest BCUT2D eigenvalue weighted by atomic mass is 10.1. The minimum Gasteiger partial charge on any atom is -0.377 e. The van der Waals surface area contributed by atoms with Crippen molar-refractivity contribution in [3.63, 3.8) is 0 Å². The summed E-state index contributed by atoms with van der Waals surface area (Å²) in [5.41, 5.74) is 1.97. The van der Waals surface area contributed by atoms with Crippen molar-refractivity contribution in [3.8, 4) is 0 Å². The molecule has 1 aromatic rings. The first-order chi connectivity index (χ1) is 9.91. The van der Waals surface area contributed by atoms with Gasteiger partial charge in [0.05, 0.1) is 17.0 Å². The number of likely N-dealkylation sites (N-methyl/N-ethyl adjacent to an activating group) is 1. The first kappa shape index (κ1) is 16.7. The zero-order valence-electron chi connectivity index (χ0n) is 12.7. The predicted octanol–water partition coefficient (Wildman–Crippen LogP) is 2.79. The number of nitrogens with zero attached hydrogens (tertiary/aromatic N) is 1. The number of ether oxygens (including phenoxy) is 1. The topological polar surface area (TPSA) is 46.6 Å². The van der Waals surface area contributed by atoms with Crippen LogP contribution in [0.1, 0.15) is 31.4 Å². The number of alkyl halides is 1. The maximum atomic E-state index is 12.8. The molecule has 0 amide bonds. The molecule has 0 spiro atoms. The Labute approximate surface area is 132 Å². The molecule has 0 bridgehead atoms. The van der Waals surface area contributed by atoms with Gasteiger partial charge in [0.2, 0.25) is 10.0 Å². The number of hydrogen-bond acceptors (Lipinski definition) is 3. The summed E-state index contributed by atoms with van der Waals surface area (Å²) >= 11 is 5.93. The van der Waals surface area contributed by atoms with Gasteiger partial charge in [0.15, 0.2) is 0 Å². The third-order valence-electron chi connectivity index (χ3n) is 4.18. The SMILES string of the molecule is CCc1ccc(S(=O)(=O)N(C)C2CCOC2C)cc1CCl. The summed E-state index contributed by atoms with van der Waals surface area (Å²) in [6.07, 6.45) is 1.49. The van der Waals surface area contributed by atoms with E-state index in [1.165, 1.54) is 4.31 Å². The molecule has 0 saturated carbocycles. The molecule has 2 atom stereocenters. The summed E-state index contributed by atoms with van der Waals surface area (Å²) in [7, 11) is -1.89. The van der Waals surface area contributed by atoms with Crippen molar-refractivity contribution in [3.05, 3.63) is 29.3 Å². The molecule has 2 rings (SSSR count). The van der Waals surface area contributed by atoms with E-state index in [1.807, 2.05) is 19.9 Å². The van der Waals surface area contributed by atoms with E-state index < -0.39 is 10.0 Å². The first-order valence-electron chi connectivity index (χ1n) is 7.19. The Morgan fingerprint density at radius 2 is 2.10 bits per heavy atom. The van der Waals surface area contributed by atoms with Crippen LogP contribution in [-0.2, 0) is 27.1 Å². The summed E-state index contributed by atoms with van der Waals surface area (Å²) < 4.78 is 32.4. The van der Waals surface area contributed by atoms with Crippen LogP contribution >= 0.6 is 11.6 Å². The van der Waals surface area contributed by atoms with Crippen molar-refractivity contribution in [2.75, 3.05) is 13.7 Å². The molecule has 0 radical (unpaired) electrons. The monoisotopic (exact) mass is 331 g/mol. The Morgan fingerprint density at radius 1 is 1.38 bits per heavy atom. The van der Waals surface area contributed by atoms with E-state index in [4.69, 9.17) is 16.3 Å². The molecule has 0 N–H and O–H groups in total. The molecule has 6 heteroatoms. The molecule has 0 aliphatic carbocycles. The number of halogens is 1. The third-order valence-corrected chi connectivity index (χ3v) is 6.35. The van der Waals surface area contributed by atoms with Gasteiger partial charge in [-0.05, 0) is 43.0 Å². The van der Waals surface area contributed by atoms with Gasteiger partial charge in [0.25, 0.3) is 0 Å². The molecule has 2 unspecified atom stereocenters. The molecule has 4 nitrogen and oxygen atoms in total. The van der Waals surface area contributed by atoms with Crippen LogP contribution in [0.15, 0.2) is 23.1 Å². The summed E-state index contributed by atoms with van der Waals surface area (Å²) in [5.74, 6) is 0.319. The molecule has 1 aliphatic rings. The summed E-state index contributed by atoms with van der Waals surface area (Å²) in [4.78, 5) is 0.303. The van der Waals surface area contributed by atoms with E-state index in [9.17, 15) is 8.42 Å². The maximum Gasteiger partial charge on any atom is 0.243 e. The fourth-order valence-electron chi connectivity index (χ4n) is 2.77. The maximum absolute atomic E-state index is 12.8. The highest BCUT2D eigenvalue weighted by molar-refractivity contribution is 7.89. The van der Waals surface area contributed by atoms with Gasteiger partial charge in [-0.1, -0.05) is 13.0 Å². The van der Waals surface area contributed by atoms with E-state index in [0.717, 1.165) is 24.0 Å². The quantitative estimate of drug-likeness (QED) is 0.779. The van der Waals surface area contributed by atoms with Crippen molar-refractivity contribution in [2.24, 2.45) is 0 Å². The second kappa shape index (κ2) is 6.65. The Bertz CT molecular complexity index is 603. The number of aryl methyl sites for hydroxylation is 1. The van der Waals surface area contributed by atoms with Crippen molar-refractivity contribution in [1.29, 1.82) is 0 Å². The molecule has 1 fully saturated rings. The molecule has 21 heavy (non-hydrogen) atoms. The molecule has 1 aliphatic heterocycles. The van der Waals surface area contributed by atoms with Gasteiger partial charge in [-0.15, -0.1) is 11.6 Å². The molecule has 0 aromatic heterocycles. The lowest BCUT2D eigenvalue weighted by Crippen LogP contribution is -2.40. The third kappa shape index (κ3) is 3.26. The van der Waals surface area contributed by atoms with Crippen molar-refractivity contribution in [2.45, 2.75) is 49.6 Å². The average Bonchev–Trinajstić information content (AvgIpc) is 2.91. The second-order valence-electron chi connectivity index (χ2n) is 5.37. The van der Waals surface area contributed by atoms with Crippen molar-refractivity contribution in [1.82, 2.24) is 4.31 Å². The Kier molecular flexibility index (Phi) is 5.30. The summed E-state index contributed by atoms with van der Waals surface area (Å²) in [6.45, 7) is 4.55. The summed E-state index contributed by atoms with van der Waals surface area (Å²) in [6, 6.07) is 5.10. The number of hydrogen-bond donors (Lipinski definition) is 0. The minimum absolute atomic E-state index is 0.0767. The van der Waals surface area contributed by atoms with Crippen LogP contribution in [0.25, 0.3) is 0 Å². The zero-order chi connectivity index (χ0) is 15.6. The van der Waals surface area contributed by atoms with Gasteiger partial charge in [-0.25, -0.2) is 8.42 Å². The number of benzene rings is 1. The second-order valence-corrected chi connectivity index (χ2v) is 7.64. The molecule has 1 aromatic carbocycles. The smallest absolute Gasteiger partial charge is 0.243 e. The molecule has 118 valence electrons. The highest BCUT2D eigenvalue weighted by Gasteiger charge is 2.35. The van der Waals surface area contributed by atoms with Crippen LogP contribution in [-0.4, -0.2) is 38.5 Å². The highest BCUT2D eigenvalue weighted by Crippen LogP contribution is 2.26. The Hall–Kier alpha value is -0.620. The fourth-order valence-corrected chi connectivity index (χ4v) is 4.52. The van der Waals surface area contributed by atoms with Crippen LogP contribution in [0.3, 0.4) is 0 Å². The first-order valence-corrected chi connectivity index (χ1v) is 9.16. The van der Waals surface area contributed by atoms with E-state index >= 15 is 0 Å². The fraction of sp³-hybridized carbons (Fsp3) is 0.600. The Morgan fingerprint density at radius 3 is 2.62 bits per heavy atom. The van der Waals surface area contributed by atoms with Gasteiger partial charge in [0.1, 0.15) is 0 Å². The normalized spacial score (nSPS) is 22.9. The highest BCUT2D eigenvalue weighted by atomic mass is 35.5. The van der Waals surface area contributed by atoms with E-state index in [-0.39, 0.29) is 12.1 Å². The van der Waals surface area contributed by atoms with Crippen LogP contribution < -0.4 is 0 Å². The largest absolute Gasteiger partial charge is 0.377 e. The van der Waals surface area contributed by atoms with E-state index in [1.54, 1.807) is 19.2 Å². The van der Waals surface area contributed by atoms with E-state index in [2.05, 4.69) is 0 Å². The lowest BCUT2D eigenvalue weighted by Gasteiger charge is -2.26.